The first-order valence-corrected chi connectivity index (χ1v) is 13.4. The SMILES string of the molecule is CCC(C)(CC)NC(CCCCNN)C(=O)NC(CCCN)C(=O)C(CC)(CC)NCCNC. The van der Waals surface area contributed by atoms with Crippen molar-refractivity contribution < 1.29 is 9.59 Å². The molecule has 2 unspecified atom stereocenters. The zero-order valence-electron chi connectivity index (χ0n) is 22.8. The van der Waals surface area contributed by atoms with E-state index in [1.165, 1.54) is 0 Å². The number of amides is 1. The summed E-state index contributed by atoms with van der Waals surface area (Å²) in [7, 11) is 1.89. The lowest BCUT2D eigenvalue weighted by Gasteiger charge is -2.37. The number of hydrogen-bond donors (Lipinski definition) is 7. The van der Waals surface area contributed by atoms with Gasteiger partial charge in [-0.25, -0.2) is 0 Å². The van der Waals surface area contributed by atoms with Crippen molar-refractivity contribution in [3.8, 4) is 0 Å². The largest absolute Gasteiger partial charge is 0.345 e. The molecule has 0 heterocycles. The van der Waals surface area contributed by atoms with Gasteiger partial charge in [0.1, 0.15) is 0 Å². The number of unbranched alkanes of at least 4 members (excludes halogenated alkanes) is 1. The standard InChI is InChI=1S/C25H55N7O2/c1-7-24(5,8-2)32-21(14-11-12-17-30-27)23(34)31-20(15-13-16-26)22(33)25(9-3,10-4)29-19-18-28-6/h20-21,28-30,32H,7-19,26-27H2,1-6H3,(H,31,34). The first kappa shape index (κ1) is 32.9. The van der Waals surface area contributed by atoms with E-state index in [9.17, 15) is 9.59 Å². The van der Waals surface area contributed by atoms with E-state index in [1.54, 1.807) is 0 Å². The highest BCUT2D eigenvalue weighted by atomic mass is 16.2. The zero-order valence-corrected chi connectivity index (χ0v) is 22.8. The monoisotopic (exact) mass is 485 g/mol. The normalized spacial score (nSPS) is 14.1. The molecule has 0 fully saturated rings. The number of nitrogens with two attached hydrogens (primary N) is 2. The Morgan fingerprint density at radius 2 is 1.47 bits per heavy atom. The molecule has 0 aromatic carbocycles. The summed E-state index contributed by atoms with van der Waals surface area (Å²) in [6, 6.07) is -0.937. The number of hydrazine groups is 1. The van der Waals surface area contributed by atoms with Crippen LogP contribution in [0.4, 0.5) is 0 Å². The summed E-state index contributed by atoms with van der Waals surface area (Å²) in [5.41, 5.74) is 7.64. The van der Waals surface area contributed by atoms with Crippen LogP contribution in [0.3, 0.4) is 0 Å². The van der Waals surface area contributed by atoms with Crippen LogP contribution in [-0.2, 0) is 9.59 Å². The van der Waals surface area contributed by atoms with E-state index in [0.29, 0.717) is 51.7 Å². The van der Waals surface area contributed by atoms with Gasteiger partial charge in [0, 0.05) is 25.2 Å². The summed E-state index contributed by atoms with van der Waals surface area (Å²) in [5.74, 6) is 5.34. The number of carbonyl (C=O) groups excluding carboxylic acids is 2. The maximum absolute atomic E-state index is 13.8. The Hall–Kier alpha value is -1.10. The predicted molar refractivity (Wildman–Crippen MR) is 142 cm³/mol. The van der Waals surface area contributed by atoms with Crippen molar-refractivity contribution in [1.82, 2.24) is 26.7 Å². The minimum Gasteiger partial charge on any atom is -0.345 e. The van der Waals surface area contributed by atoms with Crippen molar-refractivity contribution in [1.29, 1.82) is 0 Å². The molecule has 0 saturated heterocycles. The highest BCUT2D eigenvalue weighted by Gasteiger charge is 2.40. The number of nitrogens with one attached hydrogen (secondary N) is 5. The second kappa shape index (κ2) is 18.2. The first-order chi connectivity index (χ1) is 16.2. The van der Waals surface area contributed by atoms with Gasteiger partial charge >= 0.3 is 0 Å². The van der Waals surface area contributed by atoms with Crippen molar-refractivity contribution in [2.45, 2.75) is 116 Å². The minimum absolute atomic E-state index is 0.0511. The summed E-state index contributed by atoms with van der Waals surface area (Å²) < 4.78 is 0. The van der Waals surface area contributed by atoms with Gasteiger partial charge in [-0.1, -0.05) is 34.1 Å². The zero-order chi connectivity index (χ0) is 26.0. The molecule has 0 rings (SSSR count). The highest BCUT2D eigenvalue weighted by Crippen LogP contribution is 2.21. The van der Waals surface area contributed by atoms with Crippen LogP contribution in [0.15, 0.2) is 0 Å². The van der Waals surface area contributed by atoms with Gasteiger partial charge in [-0.3, -0.25) is 20.9 Å². The summed E-state index contributed by atoms with van der Waals surface area (Å²) in [5, 5.41) is 13.3. The third kappa shape index (κ3) is 11.1. The Bertz CT molecular complexity index is 551. The lowest BCUT2D eigenvalue weighted by atomic mass is 9.82. The van der Waals surface area contributed by atoms with Crippen molar-refractivity contribution in [2.24, 2.45) is 11.6 Å². The number of rotatable bonds is 22. The summed E-state index contributed by atoms with van der Waals surface area (Å²) >= 11 is 0. The second-order valence-electron chi connectivity index (χ2n) is 9.59. The lowest BCUT2D eigenvalue weighted by molar-refractivity contribution is -0.133. The Labute approximate surface area is 208 Å². The number of hydrogen-bond acceptors (Lipinski definition) is 8. The van der Waals surface area contributed by atoms with E-state index in [2.05, 4.69) is 47.5 Å². The third-order valence-electron chi connectivity index (χ3n) is 7.31. The van der Waals surface area contributed by atoms with Crippen LogP contribution in [0.2, 0.25) is 0 Å². The number of carbonyl (C=O) groups is 2. The molecule has 0 saturated carbocycles. The number of likely N-dealkylation sites (N-methyl/N-ethyl adjacent to an activating group) is 1. The maximum Gasteiger partial charge on any atom is 0.237 e. The molecule has 0 aliphatic heterocycles. The Morgan fingerprint density at radius 3 is 1.97 bits per heavy atom. The lowest BCUT2D eigenvalue weighted by Crippen LogP contribution is -2.62. The maximum atomic E-state index is 13.8. The van der Waals surface area contributed by atoms with Crippen LogP contribution in [0.25, 0.3) is 0 Å². The quantitative estimate of drug-likeness (QED) is 0.0690. The fourth-order valence-corrected chi connectivity index (χ4v) is 4.28. The molecular weight excluding hydrogens is 430 g/mol. The van der Waals surface area contributed by atoms with Gasteiger partial charge in [-0.05, 0) is 71.9 Å². The molecule has 0 radical (unpaired) electrons. The van der Waals surface area contributed by atoms with E-state index >= 15 is 0 Å². The summed E-state index contributed by atoms with van der Waals surface area (Å²) in [6.45, 7) is 13.1. The van der Waals surface area contributed by atoms with Crippen LogP contribution in [-0.4, -0.2) is 68.1 Å². The van der Waals surface area contributed by atoms with Gasteiger partial charge < -0.3 is 27.0 Å². The van der Waals surface area contributed by atoms with E-state index < -0.39 is 11.6 Å². The average Bonchev–Trinajstić information content (AvgIpc) is 2.85. The number of ketones is 1. The van der Waals surface area contributed by atoms with Crippen molar-refractivity contribution in [3.05, 3.63) is 0 Å². The number of Topliss-reactive ketones (excluding diaryl/α,β-unsaturated/α-hetero) is 1. The van der Waals surface area contributed by atoms with Crippen molar-refractivity contribution in [2.75, 3.05) is 33.2 Å². The molecule has 0 bridgehead atoms. The molecule has 202 valence electrons. The van der Waals surface area contributed by atoms with Crippen molar-refractivity contribution >= 4 is 11.7 Å². The van der Waals surface area contributed by atoms with Crippen LogP contribution in [0, 0.1) is 0 Å². The van der Waals surface area contributed by atoms with Crippen molar-refractivity contribution in [3.63, 3.8) is 0 Å². The molecule has 9 N–H and O–H groups in total. The van der Waals surface area contributed by atoms with E-state index in [-0.39, 0.29) is 23.3 Å². The minimum atomic E-state index is -0.666. The molecule has 0 aliphatic carbocycles. The van der Waals surface area contributed by atoms with Gasteiger partial charge in [0.15, 0.2) is 5.78 Å². The topological polar surface area (TPSA) is 146 Å². The highest BCUT2D eigenvalue weighted by molar-refractivity contribution is 5.96. The predicted octanol–water partition coefficient (Wildman–Crippen LogP) is 1.32. The molecule has 0 aromatic rings. The second-order valence-corrected chi connectivity index (χ2v) is 9.59. The van der Waals surface area contributed by atoms with Gasteiger partial charge in [0.2, 0.25) is 5.91 Å². The summed E-state index contributed by atoms with van der Waals surface area (Å²) in [6.07, 6.45) is 6.81. The molecule has 2 atom stereocenters. The van der Waals surface area contributed by atoms with Crippen LogP contribution in [0.1, 0.15) is 92.4 Å². The van der Waals surface area contributed by atoms with E-state index in [4.69, 9.17) is 11.6 Å². The fourth-order valence-electron chi connectivity index (χ4n) is 4.28. The molecule has 0 aliphatic rings. The van der Waals surface area contributed by atoms with Gasteiger partial charge in [0.05, 0.1) is 17.6 Å². The van der Waals surface area contributed by atoms with Crippen LogP contribution < -0.4 is 38.3 Å². The van der Waals surface area contributed by atoms with Gasteiger partial charge in [-0.2, -0.15) is 0 Å². The Morgan fingerprint density at radius 1 is 0.853 bits per heavy atom. The van der Waals surface area contributed by atoms with E-state index in [1.807, 2.05) is 20.9 Å². The molecule has 9 nitrogen and oxygen atoms in total. The van der Waals surface area contributed by atoms with Crippen LogP contribution >= 0.6 is 0 Å². The fraction of sp³-hybridized carbons (Fsp3) is 0.920. The molecular formula is C25H55N7O2. The van der Waals surface area contributed by atoms with Gasteiger partial charge in [-0.15, -0.1) is 0 Å². The van der Waals surface area contributed by atoms with Gasteiger partial charge in [0.25, 0.3) is 0 Å². The van der Waals surface area contributed by atoms with E-state index in [0.717, 1.165) is 32.2 Å². The molecule has 34 heavy (non-hydrogen) atoms. The molecule has 0 aromatic heterocycles. The molecule has 9 heteroatoms. The summed E-state index contributed by atoms with van der Waals surface area (Å²) in [4.78, 5) is 27.3. The Balaban J connectivity index is 5.71. The van der Waals surface area contributed by atoms with Crippen LogP contribution in [0.5, 0.6) is 0 Å². The third-order valence-corrected chi connectivity index (χ3v) is 7.31. The smallest absolute Gasteiger partial charge is 0.237 e. The first-order valence-electron chi connectivity index (χ1n) is 13.4. The Kier molecular flexibility index (Phi) is 17.6. The average molecular weight is 486 g/mol. The molecule has 1 amide bonds. The molecule has 0 spiro atoms.